The minimum absolute atomic E-state index is 0.0235. The summed E-state index contributed by atoms with van der Waals surface area (Å²) in [5.74, 6) is -1.000. The molecule has 7 heteroatoms. The average molecular weight is 440 g/mol. The van der Waals surface area contributed by atoms with Crippen LogP contribution in [0.3, 0.4) is 0 Å². The topological polar surface area (TPSA) is 131 Å². The fraction of sp³-hybridized carbons (Fsp3) is 0.320. The van der Waals surface area contributed by atoms with Crippen molar-refractivity contribution in [2.24, 2.45) is 0 Å². The second-order valence-corrected chi connectivity index (χ2v) is 8.70. The predicted molar refractivity (Wildman–Crippen MR) is 122 cm³/mol. The van der Waals surface area contributed by atoms with Crippen LogP contribution in [0.15, 0.2) is 51.2 Å². The minimum Gasteiger partial charge on any atom is -0.508 e. The molecule has 7 nitrogen and oxygen atoms in total. The highest BCUT2D eigenvalue weighted by Gasteiger charge is 2.21. The lowest BCUT2D eigenvalue weighted by atomic mass is 9.97. The molecule has 0 saturated heterocycles. The number of phenolic OH excluding ortho intramolecular Hbond substituents is 4. The molecular formula is C25H28O7. The number of rotatable bonds is 7. The van der Waals surface area contributed by atoms with E-state index < -0.39 is 16.8 Å². The Morgan fingerprint density at radius 1 is 1.03 bits per heavy atom. The fourth-order valence-electron chi connectivity index (χ4n) is 3.61. The lowest BCUT2D eigenvalue weighted by Crippen LogP contribution is -2.17. The molecule has 32 heavy (non-hydrogen) atoms. The molecular weight excluding hydrogens is 412 g/mol. The molecule has 0 unspecified atom stereocenters. The molecule has 0 fully saturated rings. The van der Waals surface area contributed by atoms with Gasteiger partial charge in [0, 0.05) is 23.8 Å². The van der Waals surface area contributed by atoms with Crippen LogP contribution in [0.4, 0.5) is 0 Å². The van der Waals surface area contributed by atoms with Crippen LogP contribution in [0.1, 0.15) is 45.6 Å². The zero-order chi connectivity index (χ0) is 23.6. The van der Waals surface area contributed by atoms with E-state index in [1.807, 2.05) is 13.0 Å². The van der Waals surface area contributed by atoms with Crippen molar-refractivity contribution in [2.45, 2.75) is 52.1 Å². The van der Waals surface area contributed by atoms with E-state index in [9.17, 15) is 30.3 Å². The number of aromatic hydroxyl groups is 4. The van der Waals surface area contributed by atoms with Crippen molar-refractivity contribution in [3.8, 4) is 34.3 Å². The van der Waals surface area contributed by atoms with Crippen LogP contribution in [-0.4, -0.2) is 31.1 Å². The summed E-state index contributed by atoms with van der Waals surface area (Å²) >= 11 is 0. The quantitative estimate of drug-likeness (QED) is 0.336. The van der Waals surface area contributed by atoms with Gasteiger partial charge < -0.3 is 29.9 Å². The summed E-state index contributed by atoms with van der Waals surface area (Å²) in [6.07, 6.45) is 4.22. The van der Waals surface area contributed by atoms with Gasteiger partial charge in [-0.3, -0.25) is 4.79 Å². The number of allylic oxidation sites excluding steroid dienone is 2. The van der Waals surface area contributed by atoms with Gasteiger partial charge in [0.2, 0.25) is 5.43 Å². The van der Waals surface area contributed by atoms with Crippen molar-refractivity contribution in [1.29, 1.82) is 0 Å². The average Bonchev–Trinajstić information content (AvgIpc) is 2.65. The smallest absolute Gasteiger partial charge is 0.200 e. The van der Waals surface area contributed by atoms with Gasteiger partial charge in [-0.05, 0) is 58.6 Å². The molecule has 170 valence electrons. The molecule has 0 spiro atoms. The summed E-state index contributed by atoms with van der Waals surface area (Å²) in [4.78, 5) is 13.3. The molecule has 0 aliphatic heterocycles. The van der Waals surface area contributed by atoms with Crippen LogP contribution in [0.2, 0.25) is 0 Å². The van der Waals surface area contributed by atoms with E-state index in [0.717, 1.165) is 30.5 Å². The van der Waals surface area contributed by atoms with Crippen LogP contribution >= 0.6 is 0 Å². The van der Waals surface area contributed by atoms with Crippen LogP contribution in [-0.2, 0) is 6.42 Å². The molecule has 0 atom stereocenters. The fourth-order valence-corrected chi connectivity index (χ4v) is 3.61. The highest BCUT2D eigenvalue weighted by atomic mass is 16.3. The molecule has 0 radical (unpaired) electrons. The Labute approximate surface area is 185 Å². The Morgan fingerprint density at radius 3 is 2.38 bits per heavy atom. The molecule has 0 aliphatic carbocycles. The first kappa shape index (κ1) is 23.2. The van der Waals surface area contributed by atoms with Crippen molar-refractivity contribution >= 4 is 11.0 Å². The number of benzene rings is 2. The number of hydrogen-bond acceptors (Lipinski definition) is 7. The van der Waals surface area contributed by atoms with Gasteiger partial charge in [0.05, 0.1) is 11.2 Å². The maximum Gasteiger partial charge on any atom is 0.200 e. The summed E-state index contributed by atoms with van der Waals surface area (Å²) in [6.45, 7) is 5.44. The van der Waals surface area contributed by atoms with E-state index in [-0.39, 0.29) is 51.5 Å². The number of hydrogen-bond donors (Lipinski definition) is 5. The van der Waals surface area contributed by atoms with Gasteiger partial charge in [-0.25, -0.2) is 0 Å². The van der Waals surface area contributed by atoms with Gasteiger partial charge in [-0.2, -0.15) is 0 Å². The normalized spacial score (nSPS) is 12.4. The van der Waals surface area contributed by atoms with Gasteiger partial charge in [-0.15, -0.1) is 0 Å². The molecule has 2 aromatic carbocycles. The van der Waals surface area contributed by atoms with E-state index in [2.05, 4.69) is 0 Å². The van der Waals surface area contributed by atoms with E-state index >= 15 is 0 Å². The highest BCUT2D eigenvalue weighted by molar-refractivity contribution is 5.87. The summed E-state index contributed by atoms with van der Waals surface area (Å²) in [6, 6.07) is 6.22. The number of phenols is 4. The van der Waals surface area contributed by atoms with Gasteiger partial charge in [0.25, 0.3) is 0 Å². The predicted octanol–water partition coefficient (Wildman–Crippen LogP) is 4.71. The highest BCUT2D eigenvalue weighted by Crippen LogP contribution is 2.37. The summed E-state index contributed by atoms with van der Waals surface area (Å²) in [5.41, 5.74) is 0.196. The van der Waals surface area contributed by atoms with Gasteiger partial charge in [0.15, 0.2) is 0 Å². The Morgan fingerprint density at radius 2 is 1.72 bits per heavy atom. The molecule has 5 N–H and O–H groups in total. The summed E-state index contributed by atoms with van der Waals surface area (Å²) < 4.78 is 5.88. The van der Waals surface area contributed by atoms with E-state index in [4.69, 9.17) is 4.42 Å². The van der Waals surface area contributed by atoms with Crippen LogP contribution in [0.5, 0.6) is 23.0 Å². The van der Waals surface area contributed by atoms with Crippen molar-refractivity contribution in [1.82, 2.24) is 0 Å². The van der Waals surface area contributed by atoms with Crippen molar-refractivity contribution < 1.29 is 29.9 Å². The van der Waals surface area contributed by atoms with E-state index in [1.165, 1.54) is 18.2 Å². The third-order valence-electron chi connectivity index (χ3n) is 5.29. The van der Waals surface area contributed by atoms with Crippen molar-refractivity contribution in [3.05, 3.63) is 57.8 Å². The second kappa shape index (κ2) is 8.96. The summed E-state index contributed by atoms with van der Waals surface area (Å²) in [5, 5.41) is 49.8. The number of fused-ring (bicyclic) bond motifs is 1. The Hall–Kier alpha value is -3.45. The lowest BCUT2D eigenvalue weighted by Gasteiger charge is -2.16. The molecule has 0 amide bonds. The maximum atomic E-state index is 13.3. The van der Waals surface area contributed by atoms with E-state index in [1.54, 1.807) is 13.8 Å². The first-order valence-corrected chi connectivity index (χ1v) is 10.4. The molecule has 0 aliphatic rings. The van der Waals surface area contributed by atoms with Crippen molar-refractivity contribution in [2.75, 3.05) is 0 Å². The molecule has 3 rings (SSSR count). The van der Waals surface area contributed by atoms with Crippen LogP contribution in [0.25, 0.3) is 22.3 Å². The summed E-state index contributed by atoms with van der Waals surface area (Å²) in [7, 11) is 0. The van der Waals surface area contributed by atoms with Gasteiger partial charge in [0.1, 0.15) is 39.7 Å². The van der Waals surface area contributed by atoms with Gasteiger partial charge >= 0.3 is 0 Å². The Bertz CT molecular complexity index is 1230. The molecule has 3 aromatic rings. The maximum absolute atomic E-state index is 13.3. The second-order valence-electron chi connectivity index (χ2n) is 8.70. The third-order valence-corrected chi connectivity index (χ3v) is 5.29. The molecule has 1 heterocycles. The van der Waals surface area contributed by atoms with Crippen molar-refractivity contribution in [3.63, 3.8) is 0 Å². The Balaban J connectivity index is 2.09. The van der Waals surface area contributed by atoms with Gasteiger partial charge in [-0.1, -0.05) is 11.6 Å². The Kier molecular flexibility index (Phi) is 6.50. The minimum atomic E-state index is -0.744. The SMILES string of the molecule is C/C(=C\Cc1c(-c2ccc(O)cc2O)oc2cc(O)cc(O)c2c1=O)CCCC(C)(C)O. The molecule has 0 bridgehead atoms. The van der Waals surface area contributed by atoms with Crippen LogP contribution in [0, 0.1) is 0 Å². The first-order valence-electron chi connectivity index (χ1n) is 10.4. The lowest BCUT2D eigenvalue weighted by molar-refractivity contribution is 0.0689. The number of aliphatic hydroxyl groups is 1. The largest absolute Gasteiger partial charge is 0.508 e. The van der Waals surface area contributed by atoms with Crippen LogP contribution < -0.4 is 5.43 Å². The van der Waals surface area contributed by atoms with E-state index in [0.29, 0.717) is 6.42 Å². The zero-order valence-corrected chi connectivity index (χ0v) is 18.3. The molecule has 1 aromatic heterocycles. The molecule has 0 saturated carbocycles. The standard InChI is InChI=1S/C25H28O7/c1-14(5-4-10-25(2,3)31)6-8-18-23(30)22-20(29)12-16(27)13-21(22)32-24(18)17-9-7-15(26)11-19(17)28/h6-7,9,11-13,26-29,31H,4-5,8,10H2,1-3H3/b14-6+. The third kappa shape index (κ3) is 5.23. The first-order chi connectivity index (χ1) is 15.0. The zero-order valence-electron chi connectivity index (χ0n) is 18.3. The monoisotopic (exact) mass is 440 g/mol.